The van der Waals surface area contributed by atoms with Crippen LogP contribution in [0.4, 0.5) is 5.82 Å². The third-order valence-corrected chi connectivity index (χ3v) is 4.58. The maximum Gasteiger partial charge on any atom is 0.304 e. The standard InChI is InChI=1S/C20H23N3O4/c1-21-18-4-2-3-16(23-18)7-8-27-17-6-5-13-9-14(11-19(24)25)20(26)22-12-15(13)10-17/h2-6,10,14H,7-9,11-12H2,1H3,(H,21,23)(H,22,26)(H,24,25)/t14-/m0/s1. The normalized spacial score (nSPS) is 16.0. The van der Waals surface area contributed by atoms with Crippen molar-refractivity contribution in [3.05, 3.63) is 53.2 Å². The third-order valence-electron chi connectivity index (χ3n) is 4.58. The molecule has 2 heterocycles. The highest BCUT2D eigenvalue weighted by atomic mass is 16.5. The van der Waals surface area contributed by atoms with Crippen LogP contribution in [0.1, 0.15) is 23.2 Å². The van der Waals surface area contributed by atoms with Gasteiger partial charge >= 0.3 is 5.97 Å². The number of nitrogens with zero attached hydrogens (tertiary/aromatic N) is 1. The Bertz CT molecular complexity index is 838. The summed E-state index contributed by atoms with van der Waals surface area (Å²) >= 11 is 0. The largest absolute Gasteiger partial charge is 0.493 e. The number of fused-ring (bicyclic) bond motifs is 1. The Morgan fingerprint density at radius 3 is 2.96 bits per heavy atom. The van der Waals surface area contributed by atoms with Crippen LogP contribution in [0.3, 0.4) is 0 Å². The molecular weight excluding hydrogens is 346 g/mol. The molecule has 0 aliphatic carbocycles. The van der Waals surface area contributed by atoms with Gasteiger partial charge in [0.05, 0.1) is 18.9 Å². The van der Waals surface area contributed by atoms with E-state index in [0.29, 0.717) is 26.0 Å². The molecule has 0 fully saturated rings. The van der Waals surface area contributed by atoms with Crippen LogP contribution < -0.4 is 15.4 Å². The molecule has 3 N–H and O–H groups in total. The van der Waals surface area contributed by atoms with E-state index in [9.17, 15) is 9.59 Å². The van der Waals surface area contributed by atoms with Gasteiger partial charge in [-0.3, -0.25) is 9.59 Å². The molecule has 0 unspecified atom stereocenters. The molecule has 3 rings (SSSR count). The number of nitrogens with one attached hydrogen (secondary N) is 2. The molecule has 27 heavy (non-hydrogen) atoms. The van der Waals surface area contributed by atoms with Crippen LogP contribution in [-0.2, 0) is 29.0 Å². The lowest BCUT2D eigenvalue weighted by Gasteiger charge is -2.12. The predicted molar refractivity (Wildman–Crippen MR) is 101 cm³/mol. The van der Waals surface area contributed by atoms with E-state index >= 15 is 0 Å². The summed E-state index contributed by atoms with van der Waals surface area (Å²) in [5, 5.41) is 14.8. The number of aliphatic carboxylic acids is 1. The van der Waals surface area contributed by atoms with E-state index in [2.05, 4.69) is 15.6 Å². The van der Waals surface area contributed by atoms with E-state index in [1.165, 1.54) is 0 Å². The number of carbonyl (C=O) groups excluding carboxylic acids is 1. The quantitative estimate of drug-likeness (QED) is 0.690. The molecular formula is C20H23N3O4. The number of carboxylic acids is 1. The minimum Gasteiger partial charge on any atom is -0.493 e. The smallest absolute Gasteiger partial charge is 0.304 e. The van der Waals surface area contributed by atoms with Gasteiger partial charge in [-0.25, -0.2) is 4.98 Å². The lowest BCUT2D eigenvalue weighted by Crippen LogP contribution is -2.30. The summed E-state index contributed by atoms with van der Waals surface area (Å²) in [7, 11) is 1.83. The first kappa shape index (κ1) is 18.7. The Balaban J connectivity index is 1.62. The number of hydrogen-bond acceptors (Lipinski definition) is 5. The van der Waals surface area contributed by atoms with Crippen LogP contribution >= 0.6 is 0 Å². The van der Waals surface area contributed by atoms with Crippen molar-refractivity contribution >= 4 is 17.7 Å². The van der Waals surface area contributed by atoms with Gasteiger partial charge in [0, 0.05) is 25.7 Å². The lowest BCUT2D eigenvalue weighted by molar-refractivity contribution is -0.141. The number of benzene rings is 1. The molecule has 1 amide bonds. The van der Waals surface area contributed by atoms with Gasteiger partial charge in [0.25, 0.3) is 0 Å². The zero-order valence-corrected chi connectivity index (χ0v) is 15.2. The van der Waals surface area contributed by atoms with E-state index in [0.717, 1.165) is 28.4 Å². The molecule has 0 spiro atoms. The molecule has 0 saturated heterocycles. The minimum absolute atomic E-state index is 0.164. The number of anilines is 1. The van der Waals surface area contributed by atoms with E-state index < -0.39 is 11.9 Å². The summed E-state index contributed by atoms with van der Waals surface area (Å²) in [6.07, 6.45) is 0.945. The number of rotatable bonds is 7. The van der Waals surface area contributed by atoms with Crippen molar-refractivity contribution in [3.63, 3.8) is 0 Å². The molecule has 1 aliphatic heterocycles. The van der Waals surface area contributed by atoms with Crippen molar-refractivity contribution in [2.75, 3.05) is 19.0 Å². The number of pyridine rings is 1. The molecule has 7 heteroatoms. The molecule has 0 bridgehead atoms. The number of ether oxygens (including phenoxy) is 1. The molecule has 1 atom stereocenters. The Morgan fingerprint density at radius 2 is 2.19 bits per heavy atom. The fraction of sp³-hybridized carbons (Fsp3) is 0.350. The molecule has 142 valence electrons. The highest BCUT2D eigenvalue weighted by Crippen LogP contribution is 2.24. The second kappa shape index (κ2) is 8.53. The van der Waals surface area contributed by atoms with Crippen molar-refractivity contribution in [2.24, 2.45) is 5.92 Å². The zero-order chi connectivity index (χ0) is 19.2. The number of hydrogen-bond donors (Lipinski definition) is 3. The minimum atomic E-state index is -0.963. The van der Waals surface area contributed by atoms with Crippen molar-refractivity contribution in [3.8, 4) is 5.75 Å². The summed E-state index contributed by atoms with van der Waals surface area (Å²) in [4.78, 5) is 27.5. The Kier molecular flexibility index (Phi) is 5.90. The second-order valence-electron chi connectivity index (χ2n) is 6.51. The first-order valence-corrected chi connectivity index (χ1v) is 8.93. The van der Waals surface area contributed by atoms with Gasteiger partial charge < -0.3 is 20.5 Å². The van der Waals surface area contributed by atoms with E-state index in [1.807, 2.05) is 43.4 Å². The molecule has 0 saturated carbocycles. The number of aromatic nitrogens is 1. The van der Waals surface area contributed by atoms with Crippen molar-refractivity contribution in [2.45, 2.75) is 25.8 Å². The van der Waals surface area contributed by atoms with Gasteiger partial charge in [0.1, 0.15) is 11.6 Å². The van der Waals surface area contributed by atoms with Gasteiger partial charge in [0.15, 0.2) is 0 Å². The average molecular weight is 369 g/mol. The number of carbonyl (C=O) groups is 2. The van der Waals surface area contributed by atoms with Crippen molar-refractivity contribution in [1.82, 2.24) is 10.3 Å². The highest BCUT2D eigenvalue weighted by Gasteiger charge is 2.26. The molecule has 2 aromatic rings. The van der Waals surface area contributed by atoms with Crippen LogP contribution in [0.5, 0.6) is 5.75 Å². The van der Waals surface area contributed by atoms with Gasteiger partial charge in [-0.2, -0.15) is 0 Å². The van der Waals surface area contributed by atoms with Crippen LogP contribution in [0, 0.1) is 5.92 Å². The molecule has 1 aliphatic rings. The Morgan fingerprint density at radius 1 is 1.33 bits per heavy atom. The maximum atomic E-state index is 12.1. The van der Waals surface area contributed by atoms with Gasteiger partial charge in [-0.1, -0.05) is 12.1 Å². The highest BCUT2D eigenvalue weighted by molar-refractivity contribution is 5.84. The van der Waals surface area contributed by atoms with Gasteiger partial charge in [-0.15, -0.1) is 0 Å². The fourth-order valence-electron chi connectivity index (χ4n) is 3.15. The molecule has 1 aromatic carbocycles. The second-order valence-corrected chi connectivity index (χ2v) is 6.51. The molecule has 0 radical (unpaired) electrons. The summed E-state index contributed by atoms with van der Waals surface area (Å²) in [6.45, 7) is 0.875. The Hall–Kier alpha value is -3.09. The number of carboxylic acid groups (broad SMARTS) is 1. The van der Waals surface area contributed by atoms with Crippen molar-refractivity contribution < 1.29 is 19.4 Å². The third kappa shape index (κ3) is 4.97. The van der Waals surface area contributed by atoms with E-state index in [-0.39, 0.29) is 12.3 Å². The van der Waals surface area contributed by atoms with E-state index in [4.69, 9.17) is 9.84 Å². The summed E-state index contributed by atoms with van der Waals surface area (Å²) in [6, 6.07) is 11.5. The van der Waals surface area contributed by atoms with Crippen LogP contribution in [0.2, 0.25) is 0 Å². The molecule has 1 aromatic heterocycles. The SMILES string of the molecule is CNc1cccc(CCOc2ccc3c(c2)CNC(=O)[C@H](CC(=O)O)C3)n1. The molecule has 7 nitrogen and oxygen atoms in total. The monoisotopic (exact) mass is 369 g/mol. The fourth-order valence-corrected chi connectivity index (χ4v) is 3.15. The Labute approximate surface area is 157 Å². The maximum absolute atomic E-state index is 12.1. The summed E-state index contributed by atoms with van der Waals surface area (Å²) in [5.41, 5.74) is 2.89. The summed E-state index contributed by atoms with van der Waals surface area (Å²) < 4.78 is 5.84. The van der Waals surface area contributed by atoms with E-state index in [1.54, 1.807) is 0 Å². The first-order valence-electron chi connectivity index (χ1n) is 8.93. The first-order chi connectivity index (χ1) is 13.0. The summed E-state index contributed by atoms with van der Waals surface area (Å²) in [5.74, 6) is -0.171. The zero-order valence-electron chi connectivity index (χ0n) is 15.2. The average Bonchev–Trinajstić information content (AvgIpc) is 2.81. The predicted octanol–water partition coefficient (Wildman–Crippen LogP) is 2.01. The topological polar surface area (TPSA) is 101 Å². The van der Waals surface area contributed by atoms with Crippen LogP contribution in [-0.4, -0.2) is 35.6 Å². The van der Waals surface area contributed by atoms with Crippen LogP contribution in [0.25, 0.3) is 0 Å². The van der Waals surface area contributed by atoms with Crippen LogP contribution in [0.15, 0.2) is 36.4 Å². The van der Waals surface area contributed by atoms with Crippen molar-refractivity contribution in [1.29, 1.82) is 0 Å². The van der Waals surface area contributed by atoms with Gasteiger partial charge in [0.2, 0.25) is 5.91 Å². The van der Waals surface area contributed by atoms with Gasteiger partial charge in [-0.05, 0) is 41.8 Å². The lowest BCUT2D eigenvalue weighted by atomic mass is 9.94. The number of amides is 1.